The third-order valence-corrected chi connectivity index (χ3v) is 9.53. The zero-order valence-electron chi connectivity index (χ0n) is 26.3. The summed E-state index contributed by atoms with van der Waals surface area (Å²) < 4.78 is 3.41. The van der Waals surface area contributed by atoms with Crippen molar-refractivity contribution in [2.75, 3.05) is 32.0 Å². The van der Waals surface area contributed by atoms with Gasteiger partial charge in [0, 0.05) is 69.7 Å². The Morgan fingerprint density at radius 2 is 1.73 bits per heavy atom. The van der Waals surface area contributed by atoms with Gasteiger partial charge in [-0.1, -0.05) is 41.9 Å². The number of halogens is 1. The van der Waals surface area contributed by atoms with Gasteiger partial charge in [0.25, 0.3) is 11.5 Å². The van der Waals surface area contributed by atoms with Crippen molar-refractivity contribution in [3.8, 4) is 11.1 Å². The Balaban J connectivity index is 1.24. The molecule has 2 aliphatic heterocycles. The van der Waals surface area contributed by atoms with Crippen LogP contribution in [0.2, 0.25) is 5.02 Å². The van der Waals surface area contributed by atoms with Gasteiger partial charge in [-0.3, -0.25) is 19.3 Å². The molecule has 0 bridgehead atoms. The molecular formula is C35H39ClN6O3. The molecule has 0 atom stereocenters. The van der Waals surface area contributed by atoms with Crippen LogP contribution in [0.25, 0.3) is 11.1 Å². The van der Waals surface area contributed by atoms with E-state index in [-0.39, 0.29) is 23.3 Å². The van der Waals surface area contributed by atoms with Crippen molar-refractivity contribution in [3.63, 3.8) is 0 Å². The topological polar surface area (TPSA) is 92.5 Å². The number of anilines is 1. The number of fused-ring (bicyclic) bond motifs is 1. The number of imidazole rings is 1. The lowest BCUT2D eigenvalue weighted by atomic mass is 9.96. The van der Waals surface area contributed by atoms with Crippen molar-refractivity contribution in [2.24, 2.45) is 14.1 Å². The zero-order chi connectivity index (χ0) is 31.8. The number of benzene rings is 2. The number of aryl methyl sites for hydroxylation is 1. The molecule has 1 saturated heterocycles. The molecule has 0 saturated carbocycles. The molecule has 0 spiro atoms. The van der Waals surface area contributed by atoms with Crippen molar-refractivity contribution in [3.05, 3.63) is 104 Å². The second-order valence-electron chi connectivity index (χ2n) is 12.3. The van der Waals surface area contributed by atoms with Crippen LogP contribution >= 0.6 is 11.6 Å². The van der Waals surface area contributed by atoms with Gasteiger partial charge in [-0.05, 0) is 74.3 Å². The van der Waals surface area contributed by atoms with E-state index in [1.165, 1.54) is 17.4 Å². The van der Waals surface area contributed by atoms with Gasteiger partial charge >= 0.3 is 0 Å². The van der Waals surface area contributed by atoms with Gasteiger partial charge in [0.2, 0.25) is 5.78 Å². The predicted molar refractivity (Wildman–Crippen MR) is 177 cm³/mol. The maximum atomic E-state index is 13.5. The van der Waals surface area contributed by atoms with Crippen LogP contribution in [0.1, 0.15) is 61.9 Å². The molecule has 234 valence electrons. The molecule has 4 heterocycles. The highest BCUT2D eigenvalue weighted by molar-refractivity contribution is 6.34. The third-order valence-electron chi connectivity index (χ3n) is 9.09. The van der Waals surface area contributed by atoms with Gasteiger partial charge in [0.1, 0.15) is 5.56 Å². The van der Waals surface area contributed by atoms with Crippen molar-refractivity contribution in [1.82, 2.24) is 23.9 Å². The molecule has 1 amide bonds. The van der Waals surface area contributed by atoms with E-state index in [0.717, 1.165) is 66.2 Å². The fourth-order valence-corrected chi connectivity index (χ4v) is 6.86. The van der Waals surface area contributed by atoms with E-state index in [2.05, 4.69) is 22.2 Å². The molecule has 45 heavy (non-hydrogen) atoms. The van der Waals surface area contributed by atoms with Crippen LogP contribution in [0.15, 0.2) is 53.5 Å². The molecular weight excluding hydrogens is 588 g/mol. The molecule has 1 N–H and O–H groups in total. The van der Waals surface area contributed by atoms with E-state index in [1.807, 2.05) is 61.1 Å². The number of carbonyl (C=O) groups is 2. The largest absolute Gasteiger partial charge is 0.328 e. The molecule has 10 heteroatoms. The van der Waals surface area contributed by atoms with E-state index < -0.39 is 5.91 Å². The minimum absolute atomic E-state index is 0.0834. The van der Waals surface area contributed by atoms with Crippen LogP contribution in [0.4, 0.5) is 5.69 Å². The Labute approximate surface area is 268 Å². The third kappa shape index (κ3) is 6.25. The highest BCUT2D eigenvalue weighted by Crippen LogP contribution is 2.36. The lowest BCUT2D eigenvalue weighted by molar-refractivity contribution is 0.0978. The number of rotatable bonds is 8. The first-order chi connectivity index (χ1) is 21.6. The van der Waals surface area contributed by atoms with E-state index in [1.54, 1.807) is 13.1 Å². The maximum absolute atomic E-state index is 13.5. The first-order valence-electron chi connectivity index (χ1n) is 15.5. The molecule has 9 nitrogen and oxygen atoms in total. The summed E-state index contributed by atoms with van der Waals surface area (Å²) in [5, 5.41) is 3.45. The summed E-state index contributed by atoms with van der Waals surface area (Å²) in [6.45, 7) is 6.34. The van der Waals surface area contributed by atoms with Crippen LogP contribution in [-0.2, 0) is 40.0 Å². The van der Waals surface area contributed by atoms with E-state index >= 15 is 0 Å². The fourth-order valence-electron chi connectivity index (χ4n) is 6.57. The Hall–Kier alpha value is -4.05. The number of nitrogens with one attached hydrogen (secondary N) is 1. The Morgan fingerprint density at radius 1 is 1.00 bits per heavy atom. The number of hydrogen-bond donors (Lipinski definition) is 1. The standard InChI is InChI=1S/C35H39ClN6O3/c1-22-25(10-8-12-28(22)38-34(44)27-17-23(19-40(3)35(27)45)20-42-14-5-6-15-42)26-11-7-9-24(32(26)36)18-31(43)33-37-29-21-39(2)16-13-30(29)41(33)4/h7-12,17,19H,5-6,13-16,18,20-21H2,1-4H3,(H,38,44). The first-order valence-corrected chi connectivity index (χ1v) is 15.9. The number of amides is 1. The summed E-state index contributed by atoms with van der Waals surface area (Å²) >= 11 is 6.96. The van der Waals surface area contributed by atoms with Gasteiger partial charge in [-0.2, -0.15) is 0 Å². The average Bonchev–Trinajstić information content (AvgIpc) is 3.64. The van der Waals surface area contributed by atoms with E-state index in [4.69, 9.17) is 16.6 Å². The number of pyridine rings is 1. The van der Waals surface area contributed by atoms with Gasteiger partial charge in [0.05, 0.1) is 10.7 Å². The second kappa shape index (κ2) is 12.7. The quantitative estimate of drug-likeness (QED) is 0.277. The van der Waals surface area contributed by atoms with E-state index in [9.17, 15) is 14.4 Å². The molecule has 0 aliphatic carbocycles. The average molecular weight is 627 g/mol. The van der Waals surface area contributed by atoms with Crippen LogP contribution in [0.3, 0.4) is 0 Å². The van der Waals surface area contributed by atoms with Gasteiger partial charge in [0.15, 0.2) is 5.82 Å². The lowest BCUT2D eigenvalue weighted by Gasteiger charge is -2.21. The number of ketones is 1. The summed E-state index contributed by atoms with van der Waals surface area (Å²) in [5.41, 5.74) is 6.48. The van der Waals surface area contributed by atoms with Crippen molar-refractivity contribution >= 4 is 29.0 Å². The minimum atomic E-state index is -0.450. The van der Waals surface area contributed by atoms with Crippen LogP contribution in [0, 0.1) is 6.92 Å². The molecule has 2 aromatic heterocycles. The van der Waals surface area contributed by atoms with Crippen molar-refractivity contribution < 1.29 is 9.59 Å². The number of Topliss-reactive ketones (excluding diaryl/α,β-unsaturated/α-hetero) is 1. The van der Waals surface area contributed by atoms with E-state index in [0.29, 0.717) is 28.6 Å². The maximum Gasteiger partial charge on any atom is 0.263 e. The smallest absolute Gasteiger partial charge is 0.263 e. The summed E-state index contributed by atoms with van der Waals surface area (Å²) in [6.07, 6.45) is 5.13. The van der Waals surface area contributed by atoms with Crippen LogP contribution < -0.4 is 10.9 Å². The molecule has 0 radical (unpaired) electrons. The Morgan fingerprint density at radius 3 is 2.51 bits per heavy atom. The molecule has 6 rings (SSSR count). The Bertz CT molecular complexity index is 1850. The molecule has 4 aromatic rings. The van der Waals surface area contributed by atoms with Gasteiger partial charge < -0.3 is 19.4 Å². The molecule has 2 aromatic carbocycles. The summed E-state index contributed by atoms with van der Waals surface area (Å²) in [4.78, 5) is 49.1. The second-order valence-corrected chi connectivity index (χ2v) is 12.7. The number of aromatic nitrogens is 3. The van der Waals surface area contributed by atoms with Gasteiger partial charge in [-0.15, -0.1) is 0 Å². The highest BCUT2D eigenvalue weighted by atomic mass is 35.5. The highest BCUT2D eigenvalue weighted by Gasteiger charge is 2.25. The lowest BCUT2D eigenvalue weighted by Crippen LogP contribution is -2.29. The summed E-state index contributed by atoms with van der Waals surface area (Å²) in [6, 6.07) is 13.0. The van der Waals surface area contributed by atoms with Crippen molar-refractivity contribution in [2.45, 2.75) is 45.7 Å². The zero-order valence-corrected chi connectivity index (χ0v) is 27.1. The summed E-state index contributed by atoms with van der Waals surface area (Å²) in [5.74, 6) is -0.0818. The number of hydrogen-bond acceptors (Lipinski definition) is 6. The van der Waals surface area contributed by atoms with Crippen LogP contribution in [-0.4, -0.2) is 62.3 Å². The SMILES string of the molecule is Cc1c(NC(=O)c2cc(CN3CCCC3)cn(C)c2=O)cccc1-c1cccc(CC(=O)c2nc3c(n2C)CCN(C)C3)c1Cl. The summed E-state index contributed by atoms with van der Waals surface area (Å²) in [7, 11) is 5.64. The van der Waals surface area contributed by atoms with Crippen LogP contribution in [0.5, 0.6) is 0 Å². The number of likely N-dealkylation sites (N-methyl/N-ethyl adjacent to an activating group) is 1. The van der Waals surface area contributed by atoms with Gasteiger partial charge in [-0.25, -0.2) is 4.98 Å². The number of nitrogens with zero attached hydrogens (tertiary/aromatic N) is 5. The normalized spacial score (nSPS) is 15.3. The molecule has 1 fully saturated rings. The predicted octanol–water partition coefficient (Wildman–Crippen LogP) is 5.01. The molecule has 2 aliphatic rings. The number of likely N-dealkylation sites (tertiary alicyclic amines) is 1. The number of carbonyl (C=O) groups excluding carboxylic acids is 2. The van der Waals surface area contributed by atoms with Crippen molar-refractivity contribution in [1.29, 1.82) is 0 Å². The fraction of sp³-hybridized carbons (Fsp3) is 0.371. The Kier molecular flexibility index (Phi) is 8.77. The minimum Gasteiger partial charge on any atom is -0.328 e. The monoisotopic (exact) mass is 626 g/mol. The molecule has 0 unspecified atom stereocenters. The first kappa shape index (κ1) is 31.0.